The van der Waals surface area contributed by atoms with E-state index in [0.717, 1.165) is 12.1 Å². The molecule has 8 nitrogen and oxygen atoms in total. The van der Waals surface area contributed by atoms with Gasteiger partial charge in [0.1, 0.15) is 0 Å². The summed E-state index contributed by atoms with van der Waals surface area (Å²) in [6, 6.07) is 7.42. The van der Waals surface area contributed by atoms with Gasteiger partial charge in [0.2, 0.25) is 5.91 Å². The first-order valence-corrected chi connectivity index (χ1v) is 9.38. The van der Waals surface area contributed by atoms with Gasteiger partial charge in [-0.25, -0.2) is 0 Å². The number of likely N-dealkylation sites (N-methyl/N-ethyl adjacent to an activating group) is 1. The van der Waals surface area contributed by atoms with E-state index in [1.807, 2.05) is 58.0 Å². The normalized spacial score (nSPS) is 11.9. The van der Waals surface area contributed by atoms with Crippen LogP contribution in [0.2, 0.25) is 0 Å². The van der Waals surface area contributed by atoms with Crippen LogP contribution in [0.4, 0.5) is 0 Å². The number of carbonyl (C=O) groups is 2. The van der Waals surface area contributed by atoms with Crippen molar-refractivity contribution in [2.75, 3.05) is 40.8 Å². The minimum absolute atomic E-state index is 0.0925. The van der Waals surface area contributed by atoms with Gasteiger partial charge >= 0.3 is 0 Å². The molecule has 0 atom stereocenters. The fraction of sp³-hybridized carbons (Fsp3) is 0.550. The zero-order chi connectivity index (χ0) is 21.2. The number of nitrogens with zero attached hydrogens (tertiary/aromatic N) is 2. The summed E-state index contributed by atoms with van der Waals surface area (Å²) < 4.78 is 0. The first kappa shape index (κ1) is 23.4. The molecule has 0 fully saturated rings. The Kier molecular flexibility index (Phi) is 9.44. The molecule has 0 aliphatic carbocycles. The second kappa shape index (κ2) is 11.3. The van der Waals surface area contributed by atoms with Crippen LogP contribution in [0.3, 0.4) is 0 Å². The standard InChI is InChI=1S/C20H34N6O2/c1-20(2,3)25-17(27)14-24-19(21-4)23-13-15-8-7-9-16(12-15)18(28)22-10-11-26(5)6/h7-9,12H,10-11,13-14H2,1-6H3,(H,22,28)(H,25,27)(H2,21,23,24). The van der Waals surface area contributed by atoms with Gasteiger partial charge in [0.15, 0.2) is 5.96 Å². The second-order valence-electron chi connectivity index (χ2n) is 7.84. The molecule has 4 N–H and O–H groups in total. The molecule has 1 aromatic carbocycles. The molecule has 1 aromatic rings. The first-order chi connectivity index (χ1) is 13.1. The third-order valence-corrected chi connectivity index (χ3v) is 3.65. The van der Waals surface area contributed by atoms with Crippen LogP contribution in [0.5, 0.6) is 0 Å². The lowest BCUT2D eigenvalue weighted by molar-refractivity contribution is -0.121. The summed E-state index contributed by atoms with van der Waals surface area (Å²) in [5.41, 5.74) is 1.29. The molecule has 0 saturated heterocycles. The highest BCUT2D eigenvalue weighted by atomic mass is 16.2. The van der Waals surface area contributed by atoms with Crippen molar-refractivity contribution in [1.29, 1.82) is 0 Å². The molecule has 0 aliphatic heterocycles. The van der Waals surface area contributed by atoms with Gasteiger partial charge in [-0.3, -0.25) is 14.6 Å². The van der Waals surface area contributed by atoms with Crippen LogP contribution in [0.25, 0.3) is 0 Å². The molecule has 0 saturated carbocycles. The zero-order valence-corrected chi connectivity index (χ0v) is 17.8. The summed E-state index contributed by atoms with van der Waals surface area (Å²) in [5, 5.41) is 11.9. The fourth-order valence-corrected chi connectivity index (χ4v) is 2.35. The smallest absolute Gasteiger partial charge is 0.251 e. The van der Waals surface area contributed by atoms with Crippen molar-refractivity contribution >= 4 is 17.8 Å². The Bertz CT molecular complexity index is 680. The molecule has 0 heterocycles. The van der Waals surface area contributed by atoms with E-state index >= 15 is 0 Å². The Balaban J connectivity index is 2.52. The van der Waals surface area contributed by atoms with Crippen LogP contribution >= 0.6 is 0 Å². The quantitative estimate of drug-likeness (QED) is 0.384. The number of amides is 2. The van der Waals surface area contributed by atoms with Gasteiger partial charge in [0.05, 0.1) is 6.54 Å². The van der Waals surface area contributed by atoms with Crippen LogP contribution in [0.1, 0.15) is 36.7 Å². The minimum Gasteiger partial charge on any atom is -0.352 e. The fourth-order valence-electron chi connectivity index (χ4n) is 2.35. The summed E-state index contributed by atoms with van der Waals surface area (Å²) in [6.07, 6.45) is 0. The van der Waals surface area contributed by atoms with Crippen LogP contribution in [-0.2, 0) is 11.3 Å². The van der Waals surface area contributed by atoms with E-state index in [0.29, 0.717) is 24.6 Å². The summed E-state index contributed by atoms with van der Waals surface area (Å²) >= 11 is 0. The van der Waals surface area contributed by atoms with E-state index in [9.17, 15) is 9.59 Å². The van der Waals surface area contributed by atoms with Crippen LogP contribution < -0.4 is 21.3 Å². The number of nitrogens with one attached hydrogen (secondary N) is 4. The molecule has 8 heteroatoms. The molecule has 0 bridgehead atoms. The molecule has 2 amide bonds. The molecule has 0 unspecified atom stereocenters. The van der Waals surface area contributed by atoms with Gasteiger partial charge in [-0.05, 0) is 52.6 Å². The van der Waals surface area contributed by atoms with Gasteiger partial charge in [-0.15, -0.1) is 0 Å². The van der Waals surface area contributed by atoms with Crippen LogP contribution in [0.15, 0.2) is 29.3 Å². The van der Waals surface area contributed by atoms with Gasteiger partial charge < -0.3 is 26.2 Å². The van der Waals surface area contributed by atoms with Crippen molar-refractivity contribution < 1.29 is 9.59 Å². The van der Waals surface area contributed by atoms with E-state index < -0.39 is 0 Å². The van der Waals surface area contributed by atoms with Crippen molar-refractivity contribution in [2.24, 2.45) is 4.99 Å². The third-order valence-electron chi connectivity index (χ3n) is 3.65. The maximum atomic E-state index is 12.2. The highest BCUT2D eigenvalue weighted by Gasteiger charge is 2.13. The van der Waals surface area contributed by atoms with Crippen LogP contribution in [-0.4, -0.2) is 69.0 Å². The number of guanidine groups is 1. The van der Waals surface area contributed by atoms with Crippen molar-refractivity contribution in [3.8, 4) is 0 Å². The lowest BCUT2D eigenvalue weighted by Gasteiger charge is -2.21. The number of rotatable bonds is 8. The van der Waals surface area contributed by atoms with Crippen molar-refractivity contribution in [3.63, 3.8) is 0 Å². The molecule has 0 radical (unpaired) electrons. The Morgan fingerprint density at radius 3 is 2.43 bits per heavy atom. The molecule has 0 spiro atoms. The Morgan fingerprint density at radius 1 is 1.11 bits per heavy atom. The average molecular weight is 391 g/mol. The predicted octanol–water partition coefficient (Wildman–Crippen LogP) is 0.558. The summed E-state index contributed by atoms with van der Waals surface area (Å²) in [6.45, 7) is 7.80. The van der Waals surface area contributed by atoms with E-state index in [1.54, 1.807) is 13.1 Å². The second-order valence-corrected chi connectivity index (χ2v) is 7.84. The number of hydrogen-bond donors (Lipinski definition) is 4. The Labute approximate surface area is 168 Å². The molecule has 0 aliphatic rings. The number of carbonyl (C=O) groups excluding carboxylic acids is 2. The van der Waals surface area contributed by atoms with Crippen LogP contribution in [0, 0.1) is 0 Å². The summed E-state index contributed by atoms with van der Waals surface area (Å²) in [5.74, 6) is 0.321. The molecule has 28 heavy (non-hydrogen) atoms. The van der Waals surface area contributed by atoms with E-state index in [1.165, 1.54) is 0 Å². The molecule has 156 valence electrons. The van der Waals surface area contributed by atoms with Gasteiger partial charge in [-0.1, -0.05) is 12.1 Å². The topological polar surface area (TPSA) is 97.9 Å². The van der Waals surface area contributed by atoms with E-state index in [4.69, 9.17) is 0 Å². The highest BCUT2D eigenvalue weighted by Crippen LogP contribution is 2.05. The molecular weight excluding hydrogens is 356 g/mol. The Morgan fingerprint density at radius 2 is 1.82 bits per heavy atom. The minimum atomic E-state index is -0.275. The molecule has 0 aromatic heterocycles. The van der Waals surface area contributed by atoms with Crippen molar-refractivity contribution in [2.45, 2.75) is 32.9 Å². The van der Waals surface area contributed by atoms with Gasteiger partial charge in [0.25, 0.3) is 5.91 Å². The van der Waals surface area contributed by atoms with Crippen molar-refractivity contribution in [3.05, 3.63) is 35.4 Å². The SMILES string of the molecule is CN=C(NCC(=O)NC(C)(C)C)NCc1cccc(C(=O)NCCN(C)C)c1. The maximum Gasteiger partial charge on any atom is 0.251 e. The zero-order valence-electron chi connectivity index (χ0n) is 17.8. The van der Waals surface area contributed by atoms with E-state index in [2.05, 4.69) is 26.3 Å². The maximum absolute atomic E-state index is 12.2. The number of hydrogen-bond acceptors (Lipinski definition) is 4. The number of aliphatic imine (C=N–C) groups is 1. The molecule has 1 rings (SSSR count). The summed E-state index contributed by atoms with van der Waals surface area (Å²) in [4.78, 5) is 30.3. The monoisotopic (exact) mass is 390 g/mol. The van der Waals surface area contributed by atoms with Gasteiger partial charge in [-0.2, -0.15) is 0 Å². The van der Waals surface area contributed by atoms with Gasteiger partial charge in [0, 0.05) is 37.8 Å². The number of benzene rings is 1. The first-order valence-electron chi connectivity index (χ1n) is 9.38. The molecular formula is C20H34N6O2. The summed E-state index contributed by atoms with van der Waals surface area (Å²) in [7, 11) is 5.57. The predicted molar refractivity (Wildman–Crippen MR) is 113 cm³/mol. The average Bonchev–Trinajstić information content (AvgIpc) is 2.60. The lowest BCUT2D eigenvalue weighted by Crippen LogP contribution is -2.48. The Hall–Kier alpha value is -2.61. The van der Waals surface area contributed by atoms with E-state index in [-0.39, 0.29) is 23.9 Å². The third kappa shape index (κ3) is 9.91. The largest absolute Gasteiger partial charge is 0.352 e. The van der Waals surface area contributed by atoms with Crippen molar-refractivity contribution in [1.82, 2.24) is 26.2 Å². The lowest BCUT2D eigenvalue weighted by atomic mass is 10.1. The highest BCUT2D eigenvalue weighted by molar-refractivity contribution is 5.94.